The van der Waals surface area contributed by atoms with Crippen molar-refractivity contribution in [3.05, 3.63) is 34.9 Å². The first kappa shape index (κ1) is 21.7. The van der Waals surface area contributed by atoms with E-state index in [-0.39, 0.29) is 31.6 Å². The summed E-state index contributed by atoms with van der Waals surface area (Å²) in [4.78, 5) is 0. The average molecular weight is 414 g/mol. The van der Waals surface area contributed by atoms with Gasteiger partial charge in [-0.25, -0.2) is 13.1 Å². The van der Waals surface area contributed by atoms with Gasteiger partial charge in [-0.05, 0) is 44.7 Å². The maximum atomic E-state index is 10.9. The van der Waals surface area contributed by atoms with E-state index in [1.54, 1.807) is 0 Å². The quantitative estimate of drug-likeness (QED) is 0.732. The Hall–Kier alpha value is -0.287. The molecule has 0 aliphatic heterocycles. The van der Waals surface area contributed by atoms with Gasteiger partial charge in [-0.15, -0.1) is 0 Å². The van der Waals surface area contributed by atoms with Crippen molar-refractivity contribution in [1.82, 2.24) is 4.72 Å². The molecule has 6 heteroatoms. The van der Waals surface area contributed by atoms with Crippen LogP contribution >= 0.6 is 0 Å². The Balaban J connectivity index is 0.000000397. The van der Waals surface area contributed by atoms with Gasteiger partial charge >= 0.3 is 0 Å². The van der Waals surface area contributed by atoms with Crippen LogP contribution in [0.4, 0.5) is 0 Å². The smallest absolute Gasteiger partial charge is 0.209 e. The molecule has 0 saturated heterocycles. The van der Waals surface area contributed by atoms with E-state index in [9.17, 15) is 8.42 Å². The van der Waals surface area contributed by atoms with Crippen LogP contribution in [0.25, 0.3) is 0 Å². The van der Waals surface area contributed by atoms with Crippen molar-refractivity contribution in [2.45, 2.75) is 58.5 Å². The minimum Gasteiger partial charge on any atom is -0.326 e. The topological polar surface area (TPSA) is 72.2 Å². The SMILES string of the molecule is CS(=O)(=O)N[C@@H]1CCCC[C@H]1N.Cc1ccc(C)c(C)c1.[Ru]. The summed E-state index contributed by atoms with van der Waals surface area (Å²) in [5, 5.41) is 0. The van der Waals surface area contributed by atoms with E-state index in [1.807, 2.05) is 0 Å². The molecule has 128 valence electrons. The molecule has 1 aliphatic carbocycles. The predicted molar refractivity (Wildman–Crippen MR) is 88.9 cm³/mol. The van der Waals surface area contributed by atoms with E-state index in [2.05, 4.69) is 43.7 Å². The molecule has 3 N–H and O–H groups in total. The van der Waals surface area contributed by atoms with Crippen LogP contribution in [-0.2, 0) is 29.5 Å². The monoisotopic (exact) mass is 414 g/mol. The van der Waals surface area contributed by atoms with Crippen molar-refractivity contribution in [3.8, 4) is 0 Å². The fourth-order valence-corrected chi connectivity index (χ4v) is 3.31. The third-order valence-corrected chi connectivity index (χ3v) is 4.58. The molecule has 1 aromatic rings. The third-order valence-electron chi connectivity index (χ3n) is 3.85. The number of nitrogens with two attached hydrogens (primary N) is 1. The Morgan fingerprint density at radius 2 is 1.68 bits per heavy atom. The van der Waals surface area contributed by atoms with Gasteiger partial charge in [-0.2, -0.15) is 0 Å². The molecule has 0 aromatic heterocycles. The van der Waals surface area contributed by atoms with Crippen LogP contribution in [0.5, 0.6) is 0 Å². The summed E-state index contributed by atoms with van der Waals surface area (Å²) in [6.45, 7) is 6.39. The van der Waals surface area contributed by atoms with Crippen LogP contribution in [0.15, 0.2) is 18.2 Å². The summed E-state index contributed by atoms with van der Waals surface area (Å²) in [5.74, 6) is 0. The Labute approximate surface area is 148 Å². The fourth-order valence-electron chi connectivity index (χ4n) is 2.47. The molecule has 22 heavy (non-hydrogen) atoms. The zero-order valence-corrected chi connectivity index (χ0v) is 16.4. The molecule has 0 unspecified atom stereocenters. The van der Waals surface area contributed by atoms with Crippen molar-refractivity contribution in [1.29, 1.82) is 0 Å². The number of hydrogen-bond acceptors (Lipinski definition) is 3. The number of hydrogen-bond donors (Lipinski definition) is 2. The second-order valence-electron chi connectivity index (χ2n) is 6.03. The second-order valence-corrected chi connectivity index (χ2v) is 7.81. The number of aryl methyl sites for hydroxylation is 3. The Morgan fingerprint density at radius 1 is 1.09 bits per heavy atom. The Morgan fingerprint density at radius 3 is 2.14 bits per heavy atom. The Bertz CT molecular complexity index is 561. The van der Waals surface area contributed by atoms with Crippen molar-refractivity contribution >= 4 is 10.0 Å². The van der Waals surface area contributed by atoms with E-state index < -0.39 is 10.0 Å². The van der Waals surface area contributed by atoms with Gasteiger partial charge in [-0.3, -0.25) is 0 Å². The van der Waals surface area contributed by atoms with Crippen LogP contribution in [0.2, 0.25) is 0 Å². The minimum atomic E-state index is -3.09. The first-order valence-corrected chi connectivity index (χ1v) is 9.35. The summed E-state index contributed by atoms with van der Waals surface area (Å²) in [6, 6.07) is 6.45. The zero-order chi connectivity index (χ0) is 16.0. The van der Waals surface area contributed by atoms with Gasteiger partial charge in [-0.1, -0.05) is 36.6 Å². The normalized spacial score (nSPS) is 21.3. The fraction of sp³-hybridized carbons (Fsp3) is 0.625. The third kappa shape index (κ3) is 8.37. The molecule has 2 rings (SSSR count). The molecule has 0 radical (unpaired) electrons. The number of rotatable bonds is 2. The van der Waals surface area contributed by atoms with Crippen LogP contribution in [0.3, 0.4) is 0 Å². The molecule has 2 atom stereocenters. The molecule has 1 aromatic carbocycles. The van der Waals surface area contributed by atoms with E-state index in [1.165, 1.54) is 22.9 Å². The van der Waals surface area contributed by atoms with Crippen LogP contribution in [0.1, 0.15) is 42.4 Å². The summed E-state index contributed by atoms with van der Waals surface area (Å²) in [7, 11) is -3.09. The van der Waals surface area contributed by atoms with Crippen molar-refractivity contribution in [2.75, 3.05) is 6.26 Å². The largest absolute Gasteiger partial charge is 0.326 e. The van der Waals surface area contributed by atoms with Crippen molar-refractivity contribution in [2.24, 2.45) is 5.73 Å². The first-order valence-electron chi connectivity index (χ1n) is 7.46. The summed E-state index contributed by atoms with van der Waals surface area (Å²) in [6.07, 6.45) is 5.15. The zero-order valence-electron chi connectivity index (χ0n) is 13.9. The molecule has 1 saturated carbocycles. The molecule has 0 amide bonds. The standard InChI is InChI=1S/C9H12.C7H16N2O2S.Ru/c1-7-4-5-8(2)9(3)6-7;1-12(10,11)9-7-5-3-2-4-6(7)8;/h4-6H,1-3H3;6-7,9H,2-5,8H2,1H3;/t;6-,7-;/m.1./s1. The average Bonchev–Trinajstić information content (AvgIpc) is 2.36. The van der Waals surface area contributed by atoms with Crippen molar-refractivity contribution < 1.29 is 27.9 Å². The van der Waals surface area contributed by atoms with Gasteiger partial charge in [0.25, 0.3) is 0 Å². The van der Waals surface area contributed by atoms with Gasteiger partial charge < -0.3 is 5.73 Å². The molecular weight excluding hydrogens is 385 g/mol. The van der Waals surface area contributed by atoms with Gasteiger partial charge in [0.05, 0.1) is 6.26 Å². The molecule has 0 spiro atoms. The van der Waals surface area contributed by atoms with Gasteiger partial charge in [0.2, 0.25) is 10.0 Å². The molecular formula is C16H28N2O2RuS. The van der Waals surface area contributed by atoms with Crippen LogP contribution in [0, 0.1) is 20.8 Å². The van der Waals surface area contributed by atoms with E-state index in [4.69, 9.17) is 5.73 Å². The Kier molecular flexibility index (Phi) is 9.64. The first-order chi connectivity index (χ1) is 9.69. The van der Waals surface area contributed by atoms with Crippen LogP contribution < -0.4 is 10.5 Å². The van der Waals surface area contributed by atoms with E-state index >= 15 is 0 Å². The molecule has 0 bridgehead atoms. The molecule has 4 nitrogen and oxygen atoms in total. The van der Waals surface area contributed by atoms with Gasteiger partial charge in [0, 0.05) is 31.6 Å². The van der Waals surface area contributed by atoms with Crippen LogP contribution in [-0.4, -0.2) is 26.8 Å². The van der Waals surface area contributed by atoms with E-state index in [0.717, 1.165) is 25.7 Å². The number of benzene rings is 1. The molecule has 0 heterocycles. The number of nitrogens with one attached hydrogen (secondary N) is 1. The summed E-state index contributed by atoms with van der Waals surface area (Å²) < 4.78 is 24.3. The minimum absolute atomic E-state index is 0. The summed E-state index contributed by atoms with van der Waals surface area (Å²) >= 11 is 0. The second kappa shape index (κ2) is 9.76. The summed E-state index contributed by atoms with van der Waals surface area (Å²) in [5.41, 5.74) is 9.86. The molecule has 1 aliphatic rings. The van der Waals surface area contributed by atoms with Gasteiger partial charge in [0.1, 0.15) is 0 Å². The van der Waals surface area contributed by atoms with Crippen molar-refractivity contribution in [3.63, 3.8) is 0 Å². The van der Waals surface area contributed by atoms with Gasteiger partial charge in [0.15, 0.2) is 0 Å². The maximum Gasteiger partial charge on any atom is 0.209 e. The predicted octanol–water partition coefficient (Wildman–Crippen LogP) is 2.41. The number of sulfonamides is 1. The molecule has 1 fully saturated rings. The van der Waals surface area contributed by atoms with E-state index in [0.29, 0.717) is 0 Å². The maximum absolute atomic E-state index is 10.9.